The van der Waals surface area contributed by atoms with Crippen LogP contribution in [0.25, 0.3) is 0 Å². The lowest BCUT2D eigenvalue weighted by atomic mass is 10.2. The molecule has 1 aromatic carbocycles. The Hall–Kier alpha value is -1.45. The van der Waals surface area contributed by atoms with Crippen LogP contribution in [0.3, 0.4) is 0 Å². The number of amides is 2. The van der Waals surface area contributed by atoms with Gasteiger partial charge in [0, 0.05) is 13.1 Å². The molecule has 0 N–H and O–H groups in total. The average molecular weight is 358 g/mol. The van der Waals surface area contributed by atoms with E-state index in [-0.39, 0.29) is 34.9 Å². The molecule has 124 valence electrons. The number of imide groups is 1. The molecule has 2 aliphatic heterocycles. The summed E-state index contributed by atoms with van der Waals surface area (Å²) in [5, 5.41) is -0.322. The van der Waals surface area contributed by atoms with Crippen molar-refractivity contribution in [3.63, 3.8) is 0 Å². The first-order valence-corrected chi connectivity index (χ1v) is 9.48. The van der Waals surface area contributed by atoms with E-state index >= 15 is 0 Å². The van der Waals surface area contributed by atoms with E-state index in [4.69, 9.17) is 0 Å². The molecule has 0 spiro atoms. The van der Waals surface area contributed by atoms with Gasteiger partial charge in [-0.3, -0.25) is 14.5 Å². The van der Waals surface area contributed by atoms with Gasteiger partial charge in [-0.1, -0.05) is 11.8 Å². The Morgan fingerprint density at radius 1 is 1.30 bits per heavy atom. The smallest absolute Gasteiger partial charge is 0.273 e. The molecule has 1 aromatic rings. The van der Waals surface area contributed by atoms with Gasteiger partial charge in [0.1, 0.15) is 5.82 Å². The van der Waals surface area contributed by atoms with Crippen molar-refractivity contribution in [2.24, 2.45) is 0 Å². The van der Waals surface area contributed by atoms with Crippen LogP contribution in [0.5, 0.6) is 0 Å². The number of hydrogen-bond donors (Lipinski definition) is 0. The quantitative estimate of drug-likeness (QED) is 0.820. The molecule has 23 heavy (non-hydrogen) atoms. The lowest BCUT2D eigenvalue weighted by Gasteiger charge is -2.22. The van der Waals surface area contributed by atoms with Crippen LogP contribution in [-0.2, 0) is 14.8 Å². The molecule has 2 amide bonds. The number of sulfonamides is 1. The number of benzene rings is 1. The Kier molecular flexibility index (Phi) is 4.19. The topological polar surface area (TPSA) is 74.8 Å². The Morgan fingerprint density at radius 3 is 2.65 bits per heavy atom. The van der Waals surface area contributed by atoms with Crippen LogP contribution < -0.4 is 0 Å². The highest BCUT2D eigenvalue weighted by Gasteiger charge is 2.42. The van der Waals surface area contributed by atoms with E-state index < -0.39 is 21.9 Å². The van der Waals surface area contributed by atoms with E-state index in [1.165, 1.54) is 23.4 Å². The molecule has 2 fully saturated rings. The van der Waals surface area contributed by atoms with Crippen LogP contribution in [0.1, 0.15) is 12.0 Å². The molecule has 0 aromatic heterocycles. The number of aryl methyl sites for hydroxylation is 1. The van der Waals surface area contributed by atoms with Gasteiger partial charge in [0.25, 0.3) is 5.24 Å². The SMILES string of the molecule is Cc1cc(F)ccc1S(=O)(=O)N1CCC(N2C(=O)CSC2=O)C1. The van der Waals surface area contributed by atoms with Crippen molar-refractivity contribution in [3.05, 3.63) is 29.6 Å². The summed E-state index contributed by atoms with van der Waals surface area (Å²) in [7, 11) is -3.77. The minimum Gasteiger partial charge on any atom is -0.273 e. The van der Waals surface area contributed by atoms with E-state index in [1.807, 2.05) is 0 Å². The second-order valence-electron chi connectivity index (χ2n) is 5.53. The van der Waals surface area contributed by atoms with Gasteiger partial charge in [-0.25, -0.2) is 12.8 Å². The van der Waals surface area contributed by atoms with E-state index in [1.54, 1.807) is 0 Å². The van der Waals surface area contributed by atoms with Gasteiger partial charge >= 0.3 is 0 Å². The Morgan fingerprint density at radius 2 is 2.04 bits per heavy atom. The highest BCUT2D eigenvalue weighted by Crippen LogP contribution is 2.30. The van der Waals surface area contributed by atoms with Gasteiger partial charge in [0.15, 0.2) is 0 Å². The summed E-state index contributed by atoms with van der Waals surface area (Å²) >= 11 is 0.937. The summed E-state index contributed by atoms with van der Waals surface area (Å²) in [6.07, 6.45) is 0.414. The predicted molar refractivity (Wildman–Crippen MR) is 83.0 cm³/mol. The lowest BCUT2D eigenvalue weighted by molar-refractivity contribution is -0.126. The largest absolute Gasteiger partial charge is 0.289 e. The third-order valence-electron chi connectivity index (χ3n) is 4.03. The van der Waals surface area contributed by atoms with Gasteiger partial charge in [-0.15, -0.1) is 0 Å². The Labute approximate surface area is 137 Å². The van der Waals surface area contributed by atoms with Crippen LogP contribution in [0.2, 0.25) is 0 Å². The first-order chi connectivity index (χ1) is 10.8. The molecular weight excluding hydrogens is 343 g/mol. The third kappa shape index (κ3) is 2.88. The third-order valence-corrected chi connectivity index (χ3v) is 6.89. The summed E-state index contributed by atoms with van der Waals surface area (Å²) in [6, 6.07) is 3.10. The molecule has 1 unspecified atom stereocenters. The molecule has 2 aliphatic rings. The van der Waals surface area contributed by atoms with Gasteiger partial charge in [-0.05, 0) is 37.1 Å². The molecule has 2 heterocycles. The molecule has 9 heteroatoms. The number of halogens is 1. The molecule has 3 rings (SSSR count). The minimum atomic E-state index is -3.77. The fraction of sp³-hybridized carbons (Fsp3) is 0.429. The summed E-state index contributed by atoms with van der Waals surface area (Å²) in [6.45, 7) is 1.84. The minimum absolute atomic E-state index is 0.0491. The van der Waals surface area contributed by atoms with Crippen molar-refractivity contribution < 1.29 is 22.4 Å². The summed E-state index contributed by atoms with van der Waals surface area (Å²) < 4.78 is 39.8. The molecule has 0 saturated carbocycles. The first kappa shape index (κ1) is 16.4. The zero-order valence-corrected chi connectivity index (χ0v) is 14.0. The zero-order valence-electron chi connectivity index (χ0n) is 12.4. The van der Waals surface area contributed by atoms with Gasteiger partial charge in [-0.2, -0.15) is 4.31 Å². The number of hydrogen-bond acceptors (Lipinski definition) is 5. The van der Waals surface area contributed by atoms with Crippen LogP contribution in [0.15, 0.2) is 23.1 Å². The van der Waals surface area contributed by atoms with Crippen LogP contribution >= 0.6 is 11.8 Å². The normalized spacial score (nSPS) is 23.0. The first-order valence-electron chi connectivity index (χ1n) is 7.06. The fourth-order valence-corrected chi connectivity index (χ4v) is 5.37. The number of thioether (sulfide) groups is 1. The van der Waals surface area contributed by atoms with Crippen molar-refractivity contribution in [3.8, 4) is 0 Å². The number of carbonyl (C=O) groups excluding carboxylic acids is 2. The number of rotatable bonds is 3. The average Bonchev–Trinajstić information content (AvgIpc) is 3.06. The van der Waals surface area contributed by atoms with Crippen LogP contribution in [0, 0.1) is 12.7 Å². The summed E-state index contributed by atoms with van der Waals surface area (Å²) in [5.41, 5.74) is 0.331. The van der Waals surface area contributed by atoms with E-state index in [0.717, 1.165) is 22.7 Å². The lowest BCUT2D eigenvalue weighted by Crippen LogP contribution is -2.41. The van der Waals surface area contributed by atoms with Crippen LogP contribution in [-0.4, -0.2) is 53.7 Å². The fourth-order valence-electron chi connectivity index (χ4n) is 2.90. The van der Waals surface area contributed by atoms with Crippen molar-refractivity contribution in [1.82, 2.24) is 9.21 Å². The summed E-state index contributed by atoms with van der Waals surface area (Å²) in [5.74, 6) is -0.660. The number of nitrogens with zero attached hydrogens (tertiary/aromatic N) is 2. The molecule has 0 radical (unpaired) electrons. The second-order valence-corrected chi connectivity index (χ2v) is 8.37. The Bertz CT molecular complexity index is 765. The summed E-state index contributed by atoms with van der Waals surface area (Å²) in [4.78, 5) is 24.7. The highest BCUT2D eigenvalue weighted by molar-refractivity contribution is 8.14. The van der Waals surface area contributed by atoms with Crippen molar-refractivity contribution in [2.75, 3.05) is 18.8 Å². The van der Waals surface area contributed by atoms with Gasteiger partial charge in [0.2, 0.25) is 15.9 Å². The van der Waals surface area contributed by atoms with Crippen molar-refractivity contribution >= 4 is 32.9 Å². The van der Waals surface area contributed by atoms with Crippen molar-refractivity contribution in [2.45, 2.75) is 24.3 Å². The molecule has 0 aliphatic carbocycles. The molecule has 0 bridgehead atoms. The van der Waals surface area contributed by atoms with E-state index in [0.29, 0.717) is 12.0 Å². The second kappa shape index (κ2) is 5.88. The maximum Gasteiger partial charge on any atom is 0.289 e. The van der Waals surface area contributed by atoms with E-state index in [2.05, 4.69) is 0 Å². The number of carbonyl (C=O) groups is 2. The standard InChI is InChI=1S/C14H15FN2O4S2/c1-9-6-10(15)2-3-12(9)23(20,21)16-5-4-11(7-16)17-13(18)8-22-14(17)19/h2-3,6,11H,4-5,7-8H2,1H3. The van der Waals surface area contributed by atoms with Crippen molar-refractivity contribution in [1.29, 1.82) is 0 Å². The molecule has 1 atom stereocenters. The maximum atomic E-state index is 13.2. The van der Waals surface area contributed by atoms with Crippen LogP contribution in [0.4, 0.5) is 9.18 Å². The zero-order chi connectivity index (χ0) is 16.8. The monoisotopic (exact) mass is 358 g/mol. The Balaban J connectivity index is 1.83. The molecule has 6 nitrogen and oxygen atoms in total. The maximum absolute atomic E-state index is 13.2. The van der Waals surface area contributed by atoms with E-state index in [9.17, 15) is 22.4 Å². The van der Waals surface area contributed by atoms with Gasteiger partial charge in [0.05, 0.1) is 16.7 Å². The predicted octanol–water partition coefficient (Wildman–Crippen LogP) is 1.59. The highest BCUT2D eigenvalue weighted by atomic mass is 32.2. The molecular formula is C14H15FN2O4S2. The van der Waals surface area contributed by atoms with Gasteiger partial charge < -0.3 is 0 Å². The molecule has 2 saturated heterocycles.